The van der Waals surface area contributed by atoms with Crippen LogP contribution in [0.3, 0.4) is 0 Å². The Bertz CT molecular complexity index is 85.1. The van der Waals surface area contributed by atoms with E-state index >= 15 is 0 Å². The van der Waals surface area contributed by atoms with Gasteiger partial charge in [-0.05, 0) is 12.3 Å². The van der Waals surface area contributed by atoms with Crippen molar-refractivity contribution in [2.75, 3.05) is 6.61 Å². The third-order valence-electron chi connectivity index (χ3n) is 2.70. The predicted octanol–water partition coefficient (Wildman–Crippen LogP) is 3.76. The molecule has 1 N–H and O–H groups in total. The second-order valence-electron chi connectivity index (χ2n) is 4.02. The minimum atomic E-state index is 0.373. The van der Waals surface area contributed by atoms with Gasteiger partial charge in [0.25, 0.3) is 0 Å². The van der Waals surface area contributed by atoms with Crippen molar-refractivity contribution in [3.63, 3.8) is 0 Å². The Labute approximate surface area is 83.5 Å². The van der Waals surface area contributed by atoms with Gasteiger partial charge in [0.2, 0.25) is 0 Å². The van der Waals surface area contributed by atoms with Crippen LogP contribution in [0, 0.1) is 5.92 Å². The fourth-order valence-electron chi connectivity index (χ4n) is 1.88. The highest BCUT2D eigenvalue weighted by Crippen LogP contribution is 2.18. The molecule has 0 radical (unpaired) electrons. The van der Waals surface area contributed by atoms with E-state index in [4.69, 9.17) is 5.11 Å². The summed E-state index contributed by atoms with van der Waals surface area (Å²) in [5, 5.41) is 8.87. The number of unbranched alkanes of at least 4 members (excludes halogenated alkanes) is 3. The molecule has 0 amide bonds. The van der Waals surface area contributed by atoms with Gasteiger partial charge in [-0.3, -0.25) is 0 Å². The largest absolute Gasteiger partial charge is 0.396 e. The molecule has 1 unspecified atom stereocenters. The van der Waals surface area contributed by atoms with Crippen molar-refractivity contribution in [1.29, 1.82) is 0 Å². The first-order chi connectivity index (χ1) is 6.35. The minimum absolute atomic E-state index is 0.373. The minimum Gasteiger partial charge on any atom is -0.396 e. The summed E-state index contributed by atoms with van der Waals surface area (Å²) in [4.78, 5) is 0. The molecule has 0 aromatic heterocycles. The molecule has 1 atom stereocenters. The predicted molar refractivity (Wildman–Crippen MR) is 58.9 cm³/mol. The molecule has 0 aromatic carbocycles. The average Bonchev–Trinajstić information content (AvgIpc) is 2.13. The van der Waals surface area contributed by atoms with Gasteiger partial charge in [0.1, 0.15) is 0 Å². The summed E-state index contributed by atoms with van der Waals surface area (Å²) < 4.78 is 0. The highest BCUT2D eigenvalue weighted by molar-refractivity contribution is 4.58. The Balaban J connectivity index is 3.33. The number of aliphatic hydroxyl groups is 1. The molecule has 0 rings (SSSR count). The van der Waals surface area contributed by atoms with Gasteiger partial charge in [0.15, 0.2) is 0 Å². The summed E-state index contributed by atoms with van der Waals surface area (Å²) in [5.74, 6) is 0.784. The zero-order valence-corrected chi connectivity index (χ0v) is 9.39. The molecule has 0 aliphatic rings. The SMILES string of the molecule is CCCCCCC(CCC)CCO. The normalized spacial score (nSPS) is 13.2. The van der Waals surface area contributed by atoms with E-state index in [0.717, 1.165) is 12.3 Å². The smallest absolute Gasteiger partial charge is 0.0433 e. The molecule has 0 saturated heterocycles. The van der Waals surface area contributed by atoms with Crippen LogP contribution >= 0.6 is 0 Å². The van der Waals surface area contributed by atoms with Gasteiger partial charge in [0, 0.05) is 6.61 Å². The van der Waals surface area contributed by atoms with Gasteiger partial charge in [-0.15, -0.1) is 0 Å². The molecule has 13 heavy (non-hydrogen) atoms. The standard InChI is InChI=1S/C12H26O/c1-3-5-6-7-9-12(8-4-2)10-11-13/h12-13H,3-11H2,1-2H3. The molecule has 0 aromatic rings. The first-order valence-corrected chi connectivity index (χ1v) is 5.96. The summed E-state index contributed by atoms with van der Waals surface area (Å²) in [6.45, 7) is 4.85. The summed E-state index contributed by atoms with van der Waals surface area (Å²) >= 11 is 0. The van der Waals surface area contributed by atoms with Crippen LogP contribution in [0.4, 0.5) is 0 Å². The summed E-state index contributed by atoms with van der Waals surface area (Å²) in [6.07, 6.45) is 10.3. The average molecular weight is 186 g/mol. The van der Waals surface area contributed by atoms with Crippen LogP contribution in [0.25, 0.3) is 0 Å². The van der Waals surface area contributed by atoms with Crippen molar-refractivity contribution in [3.8, 4) is 0 Å². The lowest BCUT2D eigenvalue weighted by Gasteiger charge is -2.13. The van der Waals surface area contributed by atoms with Crippen molar-refractivity contribution >= 4 is 0 Å². The molecule has 0 aliphatic heterocycles. The van der Waals surface area contributed by atoms with E-state index in [1.807, 2.05) is 0 Å². The van der Waals surface area contributed by atoms with Gasteiger partial charge in [0.05, 0.1) is 0 Å². The van der Waals surface area contributed by atoms with Crippen LogP contribution in [-0.4, -0.2) is 11.7 Å². The highest BCUT2D eigenvalue weighted by Gasteiger charge is 2.05. The summed E-state index contributed by atoms with van der Waals surface area (Å²) in [7, 11) is 0. The molecule has 1 heteroatoms. The lowest BCUT2D eigenvalue weighted by Crippen LogP contribution is -2.02. The molecule has 0 bridgehead atoms. The van der Waals surface area contributed by atoms with Crippen LogP contribution in [0.15, 0.2) is 0 Å². The summed E-state index contributed by atoms with van der Waals surface area (Å²) in [5.41, 5.74) is 0. The lowest BCUT2D eigenvalue weighted by atomic mass is 9.93. The molecular formula is C12H26O. The van der Waals surface area contributed by atoms with Crippen LogP contribution in [0.2, 0.25) is 0 Å². The van der Waals surface area contributed by atoms with Crippen molar-refractivity contribution in [1.82, 2.24) is 0 Å². The molecular weight excluding hydrogens is 160 g/mol. The third-order valence-corrected chi connectivity index (χ3v) is 2.70. The van der Waals surface area contributed by atoms with E-state index in [-0.39, 0.29) is 0 Å². The third kappa shape index (κ3) is 8.29. The number of hydrogen-bond donors (Lipinski definition) is 1. The maximum absolute atomic E-state index is 8.87. The lowest BCUT2D eigenvalue weighted by molar-refractivity contribution is 0.243. The monoisotopic (exact) mass is 186 g/mol. The van der Waals surface area contributed by atoms with Gasteiger partial charge in [-0.25, -0.2) is 0 Å². The van der Waals surface area contributed by atoms with Gasteiger partial charge < -0.3 is 5.11 Å². The second kappa shape index (κ2) is 10.0. The molecule has 0 spiro atoms. The zero-order valence-electron chi connectivity index (χ0n) is 9.39. The fraction of sp³-hybridized carbons (Fsp3) is 1.00. The van der Waals surface area contributed by atoms with E-state index in [0.29, 0.717) is 6.61 Å². The van der Waals surface area contributed by atoms with E-state index in [2.05, 4.69) is 13.8 Å². The van der Waals surface area contributed by atoms with Crippen molar-refractivity contribution < 1.29 is 5.11 Å². The van der Waals surface area contributed by atoms with Crippen LogP contribution in [0.1, 0.15) is 65.2 Å². The quantitative estimate of drug-likeness (QED) is 0.544. The van der Waals surface area contributed by atoms with E-state index in [9.17, 15) is 0 Å². The van der Waals surface area contributed by atoms with Crippen molar-refractivity contribution in [2.24, 2.45) is 5.92 Å². The maximum Gasteiger partial charge on any atom is 0.0433 e. The molecule has 0 saturated carbocycles. The van der Waals surface area contributed by atoms with Crippen LogP contribution in [0.5, 0.6) is 0 Å². The first kappa shape index (κ1) is 13.0. The number of hydrogen-bond acceptors (Lipinski definition) is 1. The molecule has 80 valence electrons. The molecule has 1 nitrogen and oxygen atoms in total. The Hall–Kier alpha value is -0.0400. The van der Waals surface area contributed by atoms with Crippen molar-refractivity contribution in [2.45, 2.75) is 65.2 Å². The Morgan fingerprint density at radius 3 is 2.15 bits per heavy atom. The van der Waals surface area contributed by atoms with Gasteiger partial charge in [-0.1, -0.05) is 58.8 Å². The topological polar surface area (TPSA) is 20.2 Å². The van der Waals surface area contributed by atoms with E-state index in [1.165, 1.54) is 44.9 Å². The fourth-order valence-corrected chi connectivity index (χ4v) is 1.88. The molecule has 0 fully saturated rings. The Morgan fingerprint density at radius 1 is 0.846 bits per heavy atom. The van der Waals surface area contributed by atoms with E-state index in [1.54, 1.807) is 0 Å². The van der Waals surface area contributed by atoms with Gasteiger partial charge >= 0.3 is 0 Å². The second-order valence-corrected chi connectivity index (χ2v) is 4.02. The van der Waals surface area contributed by atoms with Gasteiger partial charge in [-0.2, -0.15) is 0 Å². The zero-order chi connectivity index (χ0) is 9.94. The molecule has 0 heterocycles. The van der Waals surface area contributed by atoms with Crippen LogP contribution in [-0.2, 0) is 0 Å². The highest BCUT2D eigenvalue weighted by atomic mass is 16.3. The molecule has 0 aliphatic carbocycles. The maximum atomic E-state index is 8.87. The van der Waals surface area contributed by atoms with E-state index < -0.39 is 0 Å². The van der Waals surface area contributed by atoms with Crippen LogP contribution < -0.4 is 0 Å². The Kier molecular flexibility index (Phi) is 10.0. The van der Waals surface area contributed by atoms with Crippen molar-refractivity contribution in [3.05, 3.63) is 0 Å². The first-order valence-electron chi connectivity index (χ1n) is 5.96. The number of rotatable bonds is 9. The Morgan fingerprint density at radius 2 is 1.62 bits per heavy atom. The number of aliphatic hydroxyl groups excluding tert-OH is 1. The summed E-state index contributed by atoms with van der Waals surface area (Å²) in [6, 6.07) is 0.